The van der Waals surface area contributed by atoms with Gasteiger partial charge in [-0.15, -0.1) is 0 Å². The molecule has 0 unspecified atom stereocenters. The molecule has 0 aliphatic heterocycles. The molecule has 3 aromatic rings. The van der Waals surface area contributed by atoms with Gasteiger partial charge in [-0.05, 0) is 48.7 Å². The van der Waals surface area contributed by atoms with E-state index in [1.807, 2.05) is 19.9 Å². The number of hydrogen-bond donors (Lipinski definition) is 1. The first-order valence-electron chi connectivity index (χ1n) is 13.2. The number of nitrogens with one attached hydrogen (secondary N) is 1. The van der Waals surface area contributed by atoms with Crippen LogP contribution in [0.15, 0.2) is 78.9 Å². The molecule has 2 atom stereocenters. The Morgan fingerprint density at radius 1 is 0.976 bits per heavy atom. The summed E-state index contributed by atoms with van der Waals surface area (Å²) in [6.07, 6.45) is -3.20. The first-order valence-corrected chi connectivity index (χ1v) is 15.5. The molecule has 1 N–H and O–H groups in total. The van der Waals surface area contributed by atoms with Gasteiger partial charge in [-0.1, -0.05) is 73.1 Å². The maximum Gasteiger partial charge on any atom is 0.416 e. The topological polar surface area (TPSA) is 86.8 Å². The Labute approximate surface area is 249 Å². The molecule has 0 radical (unpaired) electrons. The summed E-state index contributed by atoms with van der Waals surface area (Å²) in [5.41, 5.74) is -0.144. The number of alkyl halides is 3. The molecule has 0 aliphatic rings. The van der Waals surface area contributed by atoms with Gasteiger partial charge in [0.1, 0.15) is 12.6 Å². The number of benzene rings is 3. The van der Waals surface area contributed by atoms with Crippen LogP contribution < -0.4 is 9.62 Å². The van der Waals surface area contributed by atoms with Crippen molar-refractivity contribution in [3.8, 4) is 0 Å². The summed E-state index contributed by atoms with van der Waals surface area (Å²) in [7, 11) is -4.23. The molecule has 3 rings (SSSR count). The van der Waals surface area contributed by atoms with Crippen molar-refractivity contribution < 1.29 is 31.2 Å². The van der Waals surface area contributed by atoms with E-state index in [4.69, 9.17) is 11.6 Å². The average Bonchev–Trinajstić information content (AvgIpc) is 2.93. The van der Waals surface area contributed by atoms with Gasteiger partial charge in [0, 0.05) is 24.0 Å². The van der Waals surface area contributed by atoms with Crippen molar-refractivity contribution in [3.63, 3.8) is 0 Å². The quantitative estimate of drug-likeness (QED) is 0.281. The second-order valence-corrected chi connectivity index (χ2v) is 12.3. The summed E-state index contributed by atoms with van der Waals surface area (Å²) in [4.78, 5) is 28.9. The van der Waals surface area contributed by atoms with Gasteiger partial charge >= 0.3 is 6.18 Å². The summed E-state index contributed by atoms with van der Waals surface area (Å²) in [5, 5.41) is 3.23. The van der Waals surface area contributed by atoms with Gasteiger partial charge in [0.2, 0.25) is 21.8 Å². The fourth-order valence-corrected chi connectivity index (χ4v) is 5.29. The monoisotopic (exact) mass is 623 g/mol. The molecule has 12 heteroatoms. The van der Waals surface area contributed by atoms with E-state index in [9.17, 15) is 31.2 Å². The van der Waals surface area contributed by atoms with E-state index in [2.05, 4.69) is 5.32 Å². The summed E-state index contributed by atoms with van der Waals surface area (Å²) in [6.45, 7) is 2.72. The number of hydrogen-bond acceptors (Lipinski definition) is 4. The van der Waals surface area contributed by atoms with Crippen LogP contribution in [0, 0.1) is 0 Å². The molecule has 42 heavy (non-hydrogen) atoms. The molecule has 0 fully saturated rings. The molecule has 0 spiro atoms. The second-order valence-electron chi connectivity index (χ2n) is 9.95. The lowest BCUT2D eigenvalue weighted by atomic mass is 10.0. The number of nitrogens with zero attached hydrogens (tertiary/aromatic N) is 2. The zero-order valence-electron chi connectivity index (χ0n) is 23.4. The van der Waals surface area contributed by atoms with E-state index < -0.39 is 46.2 Å². The third-order valence-corrected chi connectivity index (χ3v) is 8.22. The number of sulfonamides is 1. The smallest absolute Gasteiger partial charge is 0.352 e. The molecule has 0 saturated carbocycles. The first kappa shape index (κ1) is 32.9. The Bertz CT molecular complexity index is 1490. The fourth-order valence-electron chi connectivity index (χ4n) is 4.26. The Morgan fingerprint density at radius 3 is 2.21 bits per heavy atom. The summed E-state index contributed by atoms with van der Waals surface area (Å²) in [6, 6.07) is 18.1. The van der Waals surface area contributed by atoms with Crippen LogP contribution in [-0.4, -0.2) is 50.0 Å². The zero-order chi connectivity index (χ0) is 31.1. The third kappa shape index (κ3) is 8.96. The molecule has 0 heterocycles. The van der Waals surface area contributed by atoms with Crippen LogP contribution in [0.3, 0.4) is 0 Å². The lowest BCUT2D eigenvalue weighted by Gasteiger charge is -2.34. The van der Waals surface area contributed by atoms with Gasteiger partial charge in [-0.25, -0.2) is 8.42 Å². The van der Waals surface area contributed by atoms with Crippen molar-refractivity contribution in [1.29, 1.82) is 0 Å². The predicted molar refractivity (Wildman–Crippen MR) is 157 cm³/mol. The Hall–Kier alpha value is -3.57. The Kier molecular flexibility index (Phi) is 11.0. The Balaban J connectivity index is 2.10. The molecule has 226 valence electrons. The van der Waals surface area contributed by atoms with E-state index in [1.54, 1.807) is 48.5 Å². The number of halogens is 4. The van der Waals surface area contributed by atoms with Crippen LogP contribution in [0.25, 0.3) is 0 Å². The van der Waals surface area contributed by atoms with Gasteiger partial charge in [-0.3, -0.25) is 13.9 Å². The summed E-state index contributed by atoms with van der Waals surface area (Å²) in [5.74, 6) is -1.25. The number of carbonyl (C=O) groups is 2. The van der Waals surface area contributed by atoms with Crippen LogP contribution in [0.5, 0.6) is 0 Å². The van der Waals surface area contributed by atoms with E-state index in [0.717, 1.165) is 24.0 Å². The normalized spacial score (nSPS) is 13.2. The maximum absolute atomic E-state index is 14.0. The van der Waals surface area contributed by atoms with Gasteiger partial charge in [0.15, 0.2) is 0 Å². The minimum Gasteiger partial charge on any atom is -0.352 e. The van der Waals surface area contributed by atoms with Crippen LogP contribution in [0.2, 0.25) is 5.02 Å². The number of amides is 2. The van der Waals surface area contributed by atoms with Crippen molar-refractivity contribution >= 4 is 39.1 Å². The van der Waals surface area contributed by atoms with Gasteiger partial charge in [-0.2, -0.15) is 13.2 Å². The van der Waals surface area contributed by atoms with Crippen molar-refractivity contribution in [2.75, 3.05) is 17.1 Å². The van der Waals surface area contributed by atoms with Gasteiger partial charge < -0.3 is 10.2 Å². The highest BCUT2D eigenvalue weighted by molar-refractivity contribution is 7.92. The Morgan fingerprint density at radius 2 is 1.62 bits per heavy atom. The highest BCUT2D eigenvalue weighted by Crippen LogP contribution is 2.32. The number of anilines is 1. The van der Waals surface area contributed by atoms with Crippen LogP contribution in [0.1, 0.15) is 37.0 Å². The van der Waals surface area contributed by atoms with Crippen molar-refractivity contribution in [3.05, 3.63) is 101 Å². The molecule has 0 aromatic heterocycles. The number of rotatable bonds is 12. The van der Waals surface area contributed by atoms with Gasteiger partial charge in [0.05, 0.1) is 17.5 Å². The summed E-state index contributed by atoms with van der Waals surface area (Å²) >= 11 is 6.41. The SMILES string of the molecule is CC[C@H](C)NC(=O)[C@@H](Cc1ccccc1)N(Cc1ccccc1Cl)C(=O)CN(c1cccc(C(F)(F)F)c1)S(C)(=O)=O. The van der Waals surface area contributed by atoms with Crippen LogP contribution >= 0.6 is 11.6 Å². The largest absolute Gasteiger partial charge is 0.416 e. The molecule has 2 amide bonds. The molecule has 0 saturated heterocycles. The molecule has 0 bridgehead atoms. The first-order chi connectivity index (χ1) is 19.7. The lowest BCUT2D eigenvalue weighted by Crippen LogP contribution is -2.54. The second kappa shape index (κ2) is 14.1. The molecule has 7 nitrogen and oxygen atoms in total. The van der Waals surface area contributed by atoms with E-state index in [0.29, 0.717) is 27.4 Å². The summed E-state index contributed by atoms with van der Waals surface area (Å²) < 4.78 is 66.5. The standard InChI is InChI=1S/C30H33ClF3N3O4S/c1-4-21(2)35-29(39)27(17-22-11-6-5-7-12-22)36(19-23-13-8-9-16-26(23)31)28(38)20-37(42(3,40)41)25-15-10-14-24(18-25)30(32,33)34/h5-16,18,21,27H,4,17,19-20H2,1-3H3,(H,35,39)/t21-,27+/m0/s1. The fraction of sp³-hybridized carbons (Fsp3) is 0.333. The maximum atomic E-state index is 14.0. The minimum atomic E-state index is -4.73. The third-order valence-electron chi connectivity index (χ3n) is 6.71. The molecule has 0 aliphatic carbocycles. The highest BCUT2D eigenvalue weighted by Gasteiger charge is 2.35. The van der Waals surface area contributed by atoms with Crippen LogP contribution in [0.4, 0.5) is 18.9 Å². The van der Waals surface area contributed by atoms with E-state index in [-0.39, 0.29) is 24.7 Å². The van der Waals surface area contributed by atoms with Crippen molar-refractivity contribution in [1.82, 2.24) is 10.2 Å². The molecular weight excluding hydrogens is 591 g/mol. The number of carbonyl (C=O) groups excluding carboxylic acids is 2. The molecule has 3 aromatic carbocycles. The minimum absolute atomic E-state index is 0.0989. The lowest BCUT2D eigenvalue weighted by molar-refractivity contribution is -0.140. The zero-order valence-corrected chi connectivity index (χ0v) is 25.0. The van der Waals surface area contributed by atoms with E-state index in [1.165, 1.54) is 11.0 Å². The predicted octanol–water partition coefficient (Wildman–Crippen LogP) is 5.68. The van der Waals surface area contributed by atoms with Crippen LogP contribution in [-0.2, 0) is 38.8 Å². The molecular formula is C30H33ClF3N3O4S. The van der Waals surface area contributed by atoms with Crippen molar-refractivity contribution in [2.24, 2.45) is 0 Å². The highest BCUT2D eigenvalue weighted by atomic mass is 35.5. The van der Waals surface area contributed by atoms with Crippen molar-refractivity contribution in [2.45, 2.75) is 51.5 Å². The average molecular weight is 624 g/mol. The van der Waals surface area contributed by atoms with E-state index >= 15 is 0 Å². The van der Waals surface area contributed by atoms with Gasteiger partial charge in [0.25, 0.3) is 0 Å².